The number of carboxylic acid groups (broad SMARTS) is 1. The first-order chi connectivity index (χ1) is 5.60. The summed E-state index contributed by atoms with van der Waals surface area (Å²) in [4.78, 5) is 10.6. The second-order valence-corrected chi connectivity index (χ2v) is 3.38. The summed E-state index contributed by atoms with van der Waals surface area (Å²) in [6.45, 7) is 4.54. The van der Waals surface area contributed by atoms with E-state index in [9.17, 15) is 4.79 Å². The van der Waals surface area contributed by atoms with Crippen molar-refractivity contribution in [2.75, 3.05) is 6.54 Å². The molecule has 0 bridgehead atoms. The molecule has 0 aliphatic heterocycles. The summed E-state index contributed by atoms with van der Waals surface area (Å²) in [5.41, 5.74) is 5.42. The number of hydrogen-bond acceptors (Lipinski definition) is 2. The van der Waals surface area contributed by atoms with E-state index in [0.717, 1.165) is 19.3 Å². The SMILES string of the molecule is CCCC(CC)(CN)CC(=O)O. The standard InChI is InChI=1S/C9H19NO2/c1-3-5-9(4-2,7-10)6-8(11)12/h3-7,10H2,1-2H3,(H,11,12). The Morgan fingerprint density at radius 1 is 1.50 bits per heavy atom. The van der Waals surface area contributed by atoms with E-state index in [1.165, 1.54) is 0 Å². The topological polar surface area (TPSA) is 63.3 Å². The maximum absolute atomic E-state index is 10.6. The van der Waals surface area contributed by atoms with Crippen molar-refractivity contribution in [1.82, 2.24) is 0 Å². The van der Waals surface area contributed by atoms with Crippen molar-refractivity contribution in [3.8, 4) is 0 Å². The van der Waals surface area contributed by atoms with Gasteiger partial charge in [-0.15, -0.1) is 0 Å². The Kier molecular flexibility index (Phi) is 4.90. The Bertz CT molecular complexity index is 141. The van der Waals surface area contributed by atoms with Gasteiger partial charge in [0, 0.05) is 0 Å². The molecule has 0 amide bonds. The zero-order valence-electron chi connectivity index (χ0n) is 7.97. The first-order valence-electron chi connectivity index (χ1n) is 4.52. The van der Waals surface area contributed by atoms with Gasteiger partial charge in [0.2, 0.25) is 0 Å². The minimum atomic E-state index is -0.740. The van der Waals surface area contributed by atoms with Gasteiger partial charge in [0.25, 0.3) is 0 Å². The lowest BCUT2D eigenvalue weighted by atomic mass is 9.78. The number of aliphatic carboxylic acids is 1. The Morgan fingerprint density at radius 3 is 2.33 bits per heavy atom. The van der Waals surface area contributed by atoms with Crippen molar-refractivity contribution in [3.05, 3.63) is 0 Å². The summed E-state index contributed by atoms with van der Waals surface area (Å²) in [6, 6.07) is 0. The third-order valence-electron chi connectivity index (χ3n) is 2.49. The van der Waals surface area contributed by atoms with E-state index in [-0.39, 0.29) is 11.8 Å². The molecule has 0 aliphatic rings. The number of carboxylic acids is 1. The van der Waals surface area contributed by atoms with Crippen LogP contribution in [-0.4, -0.2) is 17.6 Å². The van der Waals surface area contributed by atoms with Crippen molar-refractivity contribution in [3.63, 3.8) is 0 Å². The Labute approximate surface area is 74.0 Å². The monoisotopic (exact) mass is 173 g/mol. The van der Waals surface area contributed by atoms with Gasteiger partial charge in [-0.2, -0.15) is 0 Å². The van der Waals surface area contributed by atoms with Crippen LogP contribution in [0.1, 0.15) is 39.5 Å². The molecular formula is C9H19NO2. The maximum Gasteiger partial charge on any atom is 0.303 e. The fourth-order valence-corrected chi connectivity index (χ4v) is 1.56. The number of carbonyl (C=O) groups is 1. The van der Waals surface area contributed by atoms with Gasteiger partial charge in [0.1, 0.15) is 0 Å². The molecular weight excluding hydrogens is 154 g/mol. The van der Waals surface area contributed by atoms with Crippen LogP contribution in [0.25, 0.3) is 0 Å². The molecule has 12 heavy (non-hydrogen) atoms. The first-order valence-corrected chi connectivity index (χ1v) is 4.52. The van der Waals surface area contributed by atoms with Gasteiger partial charge in [-0.3, -0.25) is 4.79 Å². The normalized spacial score (nSPS) is 15.6. The molecule has 0 spiro atoms. The van der Waals surface area contributed by atoms with Gasteiger partial charge >= 0.3 is 5.97 Å². The van der Waals surface area contributed by atoms with Crippen molar-refractivity contribution < 1.29 is 9.90 Å². The van der Waals surface area contributed by atoms with Crippen LogP contribution < -0.4 is 5.73 Å². The van der Waals surface area contributed by atoms with Crippen molar-refractivity contribution in [2.45, 2.75) is 39.5 Å². The van der Waals surface area contributed by atoms with Gasteiger partial charge in [0.05, 0.1) is 6.42 Å². The summed E-state index contributed by atoms with van der Waals surface area (Å²) in [7, 11) is 0. The van der Waals surface area contributed by atoms with Crippen molar-refractivity contribution >= 4 is 5.97 Å². The minimum absolute atomic E-state index is 0.166. The molecule has 3 heteroatoms. The molecule has 0 fully saturated rings. The summed E-state index contributed by atoms with van der Waals surface area (Å²) in [5, 5.41) is 8.68. The zero-order valence-corrected chi connectivity index (χ0v) is 7.97. The smallest absolute Gasteiger partial charge is 0.303 e. The predicted molar refractivity (Wildman–Crippen MR) is 48.9 cm³/mol. The molecule has 3 nitrogen and oxygen atoms in total. The lowest BCUT2D eigenvalue weighted by Crippen LogP contribution is -2.32. The first kappa shape index (κ1) is 11.4. The lowest BCUT2D eigenvalue weighted by Gasteiger charge is -2.29. The molecule has 72 valence electrons. The fraction of sp³-hybridized carbons (Fsp3) is 0.889. The number of nitrogens with two attached hydrogens (primary N) is 1. The highest BCUT2D eigenvalue weighted by Gasteiger charge is 2.28. The number of rotatable bonds is 6. The molecule has 0 heterocycles. The molecule has 0 aromatic carbocycles. The molecule has 3 N–H and O–H groups in total. The van der Waals surface area contributed by atoms with Crippen molar-refractivity contribution in [1.29, 1.82) is 0 Å². The Balaban J connectivity index is 4.23. The van der Waals surface area contributed by atoms with E-state index < -0.39 is 5.97 Å². The Morgan fingerprint density at radius 2 is 2.08 bits per heavy atom. The van der Waals surface area contributed by atoms with Gasteiger partial charge < -0.3 is 10.8 Å². The zero-order chi connectivity index (χ0) is 9.61. The Hall–Kier alpha value is -0.570. The molecule has 1 atom stereocenters. The van der Waals surface area contributed by atoms with Crippen LogP contribution in [0.4, 0.5) is 0 Å². The van der Waals surface area contributed by atoms with Crippen LogP contribution in [0.15, 0.2) is 0 Å². The van der Waals surface area contributed by atoms with E-state index >= 15 is 0 Å². The second-order valence-electron chi connectivity index (χ2n) is 3.38. The fourth-order valence-electron chi connectivity index (χ4n) is 1.56. The molecule has 0 aromatic rings. The average Bonchev–Trinajstić information content (AvgIpc) is 2.03. The second kappa shape index (κ2) is 5.14. The predicted octanol–water partition coefficient (Wildman–Crippen LogP) is 1.62. The minimum Gasteiger partial charge on any atom is -0.481 e. The van der Waals surface area contributed by atoms with Crippen LogP contribution >= 0.6 is 0 Å². The largest absolute Gasteiger partial charge is 0.481 e. The number of hydrogen-bond donors (Lipinski definition) is 2. The summed E-state index contributed by atoms with van der Waals surface area (Å²) < 4.78 is 0. The highest BCUT2D eigenvalue weighted by Crippen LogP contribution is 2.30. The van der Waals surface area contributed by atoms with Gasteiger partial charge in [0.15, 0.2) is 0 Å². The van der Waals surface area contributed by atoms with E-state index in [0.29, 0.717) is 6.54 Å². The summed E-state index contributed by atoms with van der Waals surface area (Å²) >= 11 is 0. The molecule has 0 aromatic heterocycles. The molecule has 0 rings (SSSR count). The van der Waals surface area contributed by atoms with Crippen molar-refractivity contribution in [2.24, 2.45) is 11.1 Å². The van der Waals surface area contributed by atoms with Crippen LogP contribution in [0.2, 0.25) is 0 Å². The van der Waals surface area contributed by atoms with E-state index in [4.69, 9.17) is 10.8 Å². The van der Waals surface area contributed by atoms with E-state index in [1.807, 2.05) is 6.92 Å². The lowest BCUT2D eigenvalue weighted by molar-refractivity contribution is -0.139. The molecule has 0 saturated carbocycles. The third-order valence-corrected chi connectivity index (χ3v) is 2.49. The molecule has 0 radical (unpaired) electrons. The van der Waals surface area contributed by atoms with Crippen LogP contribution in [-0.2, 0) is 4.79 Å². The van der Waals surface area contributed by atoms with Gasteiger partial charge in [-0.25, -0.2) is 0 Å². The third kappa shape index (κ3) is 3.22. The van der Waals surface area contributed by atoms with E-state index in [1.54, 1.807) is 0 Å². The van der Waals surface area contributed by atoms with Gasteiger partial charge in [-0.05, 0) is 24.8 Å². The average molecular weight is 173 g/mol. The summed E-state index contributed by atoms with van der Waals surface area (Å²) in [6.07, 6.45) is 2.96. The van der Waals surface area contributed by atoms with Crippen LogP contribution in [0.3, 0.4) is 0 Å². The quantitative estimate of drug-likeness (QED) is 0.641. The van der Waals surface area contributed by atoms with Crippen LogP contribution in [0.5, 0.6) is 0 Å². The highest BCUT2D eigenvalue weighted by atomic mass is 16.4. The molecule has 0 aliphatic carbocycles. The molecule has 0 saturated heterocycles. The highest BCUT2D eigenvalue weighted by molar-refractivity contribution is 5.67. The maximum atomic E-state index is 10.6. The molecule has 1 unspecified atom stereocenters. The summed E-state index contributed by atoms with van der Waals surface area (Å²) in [5.74, 6) is -0.740. The van der Waals surface area contributed by atoms with Gasteiger partial charge in [-0.1, -0.05) is 20.3 Å². The van der Waals surface area contributed by atoms with E-state index in [2.05, 4.69) is 6.92 Å². The van der Waals surface area contributed by atoms with Crippen LogP contribution in [0, 0.1) is 5.41 Å².